The van der Waals surface area contributed by atoms with Crippen LogP contribution < -0.4 is 11.1 Å². The van der Waals surface area contributed by atoms with E-state index in [2.05, 4.69) is 12.2 Å². The molecule has 0 heterocycles. The lowest BCUT2D eigenvalue weighted by Gasteiger charge is -2.15. The van der Waals surface area contributed by atoms with Gasteiger partial charge in [0.2, 0.25) is 5.91 Å². The molecular weight excluding hydrogens is 232 g/mol. The van der Waals surface area contributed by atoms with E-state index in [-0.39, 0.29) is 11.9 Å². The highest BCUT2D eigenvalue weighted by atomic mass is 16.5. The first-order chi connectivity index (χ1) is 8.54. The van der Waals surface area contributed by atoms with E-state index in [1.807, 2.05) is 0 Å². The summed E-state index contributed by atoms with van der Waals surface area (Å²) in [4.78, 5) is 23.0. The van der Waals surface area contributed by atoms with Crippen LogP contribution in [0.2, 0.25) is 0 Å². The van der Waals surface area contributed by atoms with E-state index in [4.69, 9.17) is 10.5 Å². The van der Waals surface area contributed by atoms with Gasteiger partial charge >= 0.3 is 5.97 Å². The molecule has 0 fully saturated rings. The van der Waals surface area contributed by atoms with Crippen LogP contribution in [0.1, 0.15) is 46.5 Å². The fraction of sp³-hybridized carbons (Fsp3) is 0.846. The molecule has 0 aliphatic rings. The van der Waals surface area contributed by atoms with Gasteiger partial charge in [-0.3, -0.25) is 4.79 Å². The van der Waals surface area contributed by atoms with Crippen molar-refractivity contribution in [2.45, 2.75) is 52.5 Å². The Morgan fingerprint density at radius 1 is 1.28 bits per heavy atom. The summed E-state index contributed by atoms with van der Waals surface area (Å²) >= 11 is 0. The zero-order valence-electron chi connectivity index (χ0n) is 11.7. The van der Waals surface area contributed by atoms with Gasteiger partial charge in [-0.15, -0.1) is 0 Å². The molecule has 18 heavy (non-hydrogen) atoms. The quantitative estimate of drug-likeness (QED) is 0.609. The number of hydrogen-bond donors (Lipinski definition) is 2. The summed E-state index contributed by atoms with van der Waals surface area (Å²) in [7, 11) is 0. The van der Waals surface area contributed by atoms with Crippen molar-refractivity contribution in [1.29, 1.82) is 0 Å². The van der Waals surface area contributed by atoms with Gasteiger partial charge in [0.15, 0.2) is 0 Å². The van der Waals surface area contributed by atoms with E-state index in [1.54, 1.807) is 13.8 Å². The van der Waals surface area contributed by atoms with Crippen LogP contribution >= 0.6 is 0 Å². The van der Waals surface area contributed by atoms with Crippen LogP contribution in [0.3, 0.4) is 0 Å². The van der Waals surface area contributed by atoms with Crippen LogP contribution in [0.5, 0.6) is 0 Å². The smallest absolute Gasteiger partial charge is 0.328 e. The lowest BCUT2D eigenvalue weighted by Crippen LogP contribution is -2.39. The Labute approximate surface area is 109 Å². The summed E-state index contributed by atoms with van der Waals surface area (Å²) in [6.07, 6.45) is 3.21. The number of rotatable bonds is 9. The summed E-state index contributed by atoms with van der Waals surface area (Å²) in [6.45, 7) is 6.45. The van der Waals surface area contributed by atoms with Gasteiger partial charge in [-0.25, -0.2) is 4.79 Å². The second-order valence-corrected chi connectivity index (χ2v) is 4.43. The molecule has 0 bridgehead atoms. The van der Waals surface area contributed by atoms with E-state index in [1.165, 1.54) is 0 Å². The minimum absolute atomic E-state index is 0.106. The largest absolute Gasteiger partial charge is 0.464 e. The highest BCUT2D eigenvalue weighted by molar-refractivity contribution is 5.84. The van der Waals surface area contributed by atoms with E-state index >= 15 is 0 Å². The number of hydrogen-bond acceptors (Lipinski definition) is 4. The fourth-order valence-electron chi connectivity index (χ4n) is 1.76. The summed E-state index contributed by atoms with van der Waals surface area (Å²) in [5.41, 5.74) is 5.50. The van der Waals surface area contributed by atoms with Crippen LogP contribution in [0.25, 0.3) is 0 Å². The Morgan fingerprint density at radius 3 is 2.44 bits per heavy atom. The number of nitrogens with one attached hydrogen (secondary N) is 1. The highest BCUT2D eigenvalue weighted by Crippen LogP contribution is 2.14. The lowest BCUT2D eigenvalue weighted by atomic mass is 9.96. The van der Waals surface area contributed by atoms with Crippen molar-refractivity contribution in [3.05, 3.63) is 0 Å². The lowest BCUT2D eigenvalue weighted by molar-refractivity contribution is -0.146. The first-order valence-electron chi connectivity index (χ1n) is 6.71. The number of esters is 1. The van der Waals surface area contributed by atoms with E-state index in [0.29, 0.717) is 25.5 Å². The summed E-state index contributed by atoms with van der Waals surface area (Å²) < 4.78 is 4.82. The number of carbonyl (C=O) groups is 2. The fourth-order valence-corrected chi connectivity index (χ4v) is 1.76. The Morgan fingerprint density at radius 2 is 1.94 bits per heavy atom. The van der Waals surface area contributed by atoms with E-state index < -0.39 is 6.04 Å². The maximum atomic E-state index is 11.6. The molecule has 5 heteroatoms. The Kier molecular flexibility index (Phi) is 9.28. The number of amides is 1. The third kappa shape index (κ3) is 7.27. The van der Waals surface area contributed by atoms with Crippen molar-refractivity contribution in [1.82, 2.24) is 5.32 Å². The Balaban J connectivity index is 3.92. The molecule has 0 aromatic carbocycles. The van der Waals surface area contributed by atoms with Crippen LogP contribution in [0.15, 0.2) is 0 Å². The molecule has 106 valence electrons. The van der Waals surface area contributed by atoms with Crippen LogP contribution in [0.4, 0.5) is 0 Å². The maximum absolute atomic E-state index is 11.6. The molecule has 2 atom stereocenters. The normalized spacial score (nSPS) is 13.8. The zero-order chi connectivity index (χ0) is 14.0. The highest BCUT2D eigenvalue weighted by Gasteiger charge is 2.17. The first kappa shape index (κ1) is 16.9. The predicted octanol–water partition coefficient (Wildman–Crippen LogP) is 1.21. The number of ether oxygens (including phenoxy) is 1. The van der Waals surface area contributed by atoms with Gasteiger partial charge in [-0.1, -0.05) is 13.3 Å². The molecular formula is C13H26N2O3. The molecule has 3 N–H and O–H groups in total. The molecule has 0 spiro atoms. The molecule has 0 rings (SSSR count). The number of nitrogens with two attached hydrogens (primary N) is 1. The SMILES string of the molecule is CCOC(=O)C(C)NC(=O)CCC(CC)CCN. The van der Waals surface area contributed by atoms with Crippen LogP contribution in [-0.2, 0) is 14.3 Å². The van der Waals surface area contributed by atoms with Gasteiger partial charge in [0.1, 0.15) is 6.04 Å². The van der Waals surface area contributed by atoms with Crippen molar-refractivity contribution < 1.29 is 14.3 Å². The summed E-state index contributed by atoms with van der Waals surface area (Å²) in [5.74, 6) is -0.00970. The zero-order valence-corrected chi connectivity index (χ0v) is 11.7. The topological polar surface area (TPSA) is 81.4 Å². The van der Waals surface area contributed by atoms with Gasteiger partial charge in [0, 0.05) is 6.42 Å². The van der Waals surface area contributed by atoms with Crippen molar-refractivity contribution >= 4 is 11.9 Å². The summed E-state index contributed by atoms with van der Waals surface area (Å²) in [6, 6.07) is -0.577. The monoisotopic (exact) mass is 258 g/mol. The molecule has 0 saturated carbocycles. The first-order valence-corrected chi connectivity index (χ1v) is 6.71. The van der Waals surface area contributed by atoms with E-state index in [0.717, 1.165) is 19.3 Å². The summed E-state index contributed by atoms with van der Waals surface area (Å²) in [5, 5.41) is 2.64. The number of carbonyl (C=O) groups excluding carboxylic acids is 2. The third-order valence-corrected chi connectivity index (χ3v) is 2.95. The minimum atomic E-state index is -0.577. The molecule has 0 aromatic rings. The molecule has 0 aromatic heterocycles. The average Bonchev–Trinajstić information content (AvgIpc) is 2.34. The van der Waals surface area contributed by atoms with Gasteiger partial charge < -0.3 is 15.8 Å². The molecule has 1 amide bonds. The molecule has 2 unspecified atom stereocenters. The second kappa shape index (κ2) is 9.88. The van der Waals surface area contributed by atoms with Gasteiger partial charge in [-0.05, 0) is 39.2 Å². The van der Waals surface area contributed by atoms with Gasteiger partial charge in [-0.2, -0.15) is 0 Å². The maximum Gasteiger partial charge on any atom is 0.328 e. The average molecular weight is 258 g/mol. The molecule has 5 nitrogen and oxygen atoms in total. The van der Waals surface area contributed by atoms with Gasteiger partial charge in [0.05, 0.1) is 6.61 Å². The molecule has 0 saturated heterocycles. The van der Waals surface area contributed by atoms with Crippen molar-refractivity contribution in [3.8, 4) is 0 Å². The second-order valence-electron chi connectivity index (χ2n) is 4.43. The van der Waals surface area contributed by atoms with Crippen molar-refractivity contribution in [2.24, 2.45) is 11.7 Å². The standard InChI is InChI=1S/C13H26N2O3/c1-4-11(8-9-14)6-7-12(16)15-10(3)13(17)18-5-2/h10-11H,4-9,14H2,1-3H3,(H,15,16). The Hall–Kier alpha value is -1.10. The molecule has 0 radical (unpaired) electrons. The van der Waals surface area contributed by atoms with E-state index in [9.17, 15) is 9.59 Å². The molecule has 0 aliphatic heterocycles. The van der Waals surface area contributed by atoms with Crippen LogP contribution in [-0.4, -0.2) is 31.1 Å². The van der Waals surface area contributed by atoms with Crippen LogP contribution in [0, 0.1) is 5.92 Å². The van der Waals surface area contributed by atoms with Crippen molar-refractivity contribution in [2.75, 3.05) is 13.2 Å². The molecule has 0 aliphatic carbocycles. The predicted molar refractivity (Wildman–Crippen MR) is 70.9 cm³/mol. The van der Waals surface area contributed by atoms with Gasteiger partial charge in [0.25, 0.3) is 0 Å². The van der Waals surface area contributed by atoms with Crippen molar-refractivity contribution in [3.63, 3.8) is 0 Å². The Bertz CT molecular complexity index is 257. The minimum Gasteiger partial charge on any atom is -0.464 e. The third-order valence-electron chi connectivity index (χ3n) is 2.95.